The van der Waals surface area contributed by atoms with Gasteiger partial charge in [0.15, 0.2) is 6.29 Å². The van der Waals surface area contributed by atoms with E-state index in [2.05, 4.69) is 0 Å². The summed E-state index contributed by atoms with van der Waals surface area (Å²) >= 11 is 0. The molecule has 0 radical (unpaired) electrons. The van der Waals surface area contributed by atoms with Crippen LogP contribution in [0.2, 0.25) is 0 Å². The number of aliphatic hydroxyl groups excluding tert-OH is 2. The molecule has 4 heteroatoms. The quantitative estimate of drug-likeness (QED) is 0.584. The van der Waals surface area contributed by atoms with Crippen molar-refractivity contribution in [3.8, 4) is 0 Å². The van der Waals surface area contributed by atoms with Gasteiger partial charge in [-0.2, -0.15) is 0 Å². The average molecular weight is 176 g/mol. The van der Waals surface area contributed by atoms with Crippen LogP contribution in [0.4, 0.5) is 0 Å². The van der Waals surface area contributed by atoms with Crippen LogP contribution >= 0.6 is 0 Å². The number of aliphatic hydroxyl groups is 2. The highest BCUT2D eigenvalue weighted by molar-refractivity contribution is 4.91. The van der Waals surface area contributed by atoms with Crippen LogP contribution in [0.3, 0.4) is 0 Å². The van der Waals surface area contributed by atoms with E-state index >= 15 is 0 Å². The number of ether oxygens (including phenoxy) is 2. The number of hydrogen-bond acceptors (Lipinski definition) is 4. The van der Waals surface area contributed by atoms with E-state index in [-0.39, 0.29) is 0 Å². The predicted octanol–water partition coefficient (Wildman–Crippen LogP) is -0.120. The summed E-state index contributed by atoms with van der Waals surface area (Å²) in [5.41, 5.74) is -0.697. The molecule has 0 aliphatic carbocycles. The van der Waals surface area contributed by atoms with Gasteiger partial charge >= 0.3 is 0 Å². The van der Waals surface area contributed by atoms with Crippen molar-refractivity contribution in [1.29, 1.82) is 0 Å². The maximum Gasteiger partial charge on any atom is 0.157 e. The molecule has 0 aromatic carbocycles. The molecule has 1 rings (SSSR count). The zero-order valence-corrected chi connectivity index (χ0v) is 7.65. The third-order valence-electron chi connectivity index (χ3n) is 2.49. The summed E-state index contributed by atoms with van der Waals surface area (Å²) in [5.74, 6) is 0. The molecule has 1 unspecified atom stereocenters. The second-order valence-electron chi connectivity index (χ2n) is 3.46. The number of methoxy groups -OCH3 is 1. The fraction of sp³-hybridized carbons (Fsp3) is 1.00. The van der Waals surface area contributed by atoms with E-state index in [1.54, 1.807) is 13.8 Å². The number of hydrogen-bond donors (Lipinski definition) is 2. The summed E-state index contributed by atoms with van der Waals surface area (Å²) in [6.07, 6.45) is -1.62. The molecule has 4 atom stereocenters. The van der Waals surface area contributed by atoms with E-state index in [4.69, 9.17) is 9.47 Å². The molecule has 12 heavy (non-hydrogen) atoms. The van der Waals surface area contributed by atoms with Gasteiger partial charge in [0.05, 0.1) is 11.7 Å². The SMILES string of the molecule is CO[C@]1(C)C[C@H](O)O[C@@H](C)C1O. The molecule has 0 aromatic rings. The van der Waals surface area contributed by atoms with Crippen molar-refractivity contribution in [2.24, 2.45) is 0 Å². The third kappa shape index (κ3) is 1.61. The van der Waals surface area contributed by atoms with Gasteiger partial charge in [-0.1, -0.05) is 0 Å². The minimum absolute atomic E-state index is 0.301. The summed E-state index contributed by atoms with van der Waals surface area (Å²) in [5, 5.41) is 18.9. The van der Waals surface area contributed by atoms with Gasteiger partial charge in [-0.15, -0.1) is 0 Å². The standard InChI is InChI=1S/C8H16O4/c1-5-7(10)8(2,11-3)4-6(9)12-5/h5-7,9-10H,4H2,1-3H3/t5-,6+,7?,8+/m0/s1. The van der Waals surface area contributed by atoms with E-state index < -0.39 is 24.1 Å². The van der Waals surface area contributed by atoms with Crippen molar-refractivity contribution in [3.05, 3.63) is 0 Å². The Kier molecular flexibility index (Phi) is 2.73. The lowest BCUT2D eigenvalue weighted by atomic mass is 9.89. The first kappa shape index (κ1) is 9.92. The van der Waals surface area contributed by atoms with E-state index in [1.165, 1.54) is 7.11 Å². The molecule has 0 amide bonds. The Morgan fingerprint density at radius 1 is 1.50 bits per heavy atom. The lowest BCUT2D eigenvalue weighted by Crippen LogP contribution is -2.55. The first-order valence-corrected chi connectivity index (χ1v) is 4.06. The van der Waals surface area contributed by atoms with Crippen molar-refractivity contribution >= 4 is 0 Å². The number of rotatable bonds is 1. The van der Waals surface area contributed by atoms with Crippen molar-refractivity contribution in [2.75, 3.05) is 7.11 Å². The molecule has 1 fully saturated rings. The van der Waals surface area contributed by atoms with Gasteiger partial charge in [0.2, 0.25) is 0 Å². The zero-order chi connectivity index (χ0) is 9.35. The van der Waals surface area contributed by atoms with Crippen LogP contribution in [0, 0.1) is 0 Å². The van der Waals surface area contributed by atoms with Crippen LogP contribution in [0.25, 0.3) is 0 Å². The molecule has 0 spiro atoms. The van der Waals surface area contributed by atoms with Crippen LogP contribution in [-0.4, -0.2) is 41.4 Å². The molecule has 0 saturated carbocycles. The van der Waals surface area contributed by atoms with Crippen molar-refractivity contribution in [3.63, 3.8) is 0 Å². The van der Waals surface area contributed by atoms with Crippen molar-refractivity contribution < 1.29 is 19.7 Å². The summed E-state index contributed by atoms with van der Waals surface area (Å²) < 4.78 is 10.2. The Balaban J connectivity index is 2.72. The molecule has 0 aromatic heterocycles. The first-order chi connectivity index (χ1) is 5.49. The van der Waals surface area contributed by atoms with Gasteiger partial charge in [0.1, 0.15) is 6.10 Å². The van der Waals surface area contributed by atoms with E-state index in [9.17, 15) is 10.2 Å². The Labute approximate surface area is 72.1 Å². The lowest BCUT2D eigenvalue weighted by Gasteiger charge is -2.42. The predicted molar refractivity (Wildman–Crippen MR) is 42.6 cm³/mol. The highest BCUT2D eigenvalue weighted by atomic mass is 16.6. The van der Waals surface area contributed by atoms with Crippen LogP contribution in [0.15, 0.2) is 0 Å². The second-order valence-corrected chi connectivity index (χ2v) is 3.46. The van der Waals surface area contributed by atoms with Crippen LogP contribution in [0.1, 0.15) is 20.3 Å². The smallest absolute Gasteiger partial charge is 0.157 e. The van der Waals surface area contributed by atoms with Gasteiger partial charge < -0.3 is 19.7 Å². The summed E-state index contributed by atoms with van der Waals surface area (Å²) in [6, 6.07) is 0. The van der Waals surface area contributed by atoms with Crippen molar-refractivity contribution in [1.82, 2.24) is 0 Å². The topological polar surface area (TPSA) is 58.9 Å². The Bertz CT molecular complexity index is 161. The van der Waals surface area contributed by atoms with Crippen molar-refractivity contribution in [2.45, 2.75) is 44.4 Å². The second kappa shape index (κ2) is 3.30. The molecular formula is C8H16O4. The molecule has 4 nitrogen and oxygen atoms in total. The maximum absolute atomic E-state index is 9.65. The van der Waals surface area contributed by atoms with Crippen LogP contribution in [0.5, 0.6) is 0 Å². The van der Waals surface area contributed by atoms with Gasteiger partial charge in [-0.05, 0) is 13.8 Å². The molecule has 2 N–H and O–H groups in total. The normalized spacial score (nSPS) is 49.2. The monoisotopic (exact) mass is 176 g/mol. The highest BCUT2D eigenvalue weighted by Gasteiger charge is 2.44. The van der Waals surface area contributed by atoms with Crippen LogP contribution < -0.4 is 0 Å². The van der Waals surface area contributed by atoms with Gasteiger partial charge in [-0.3, -0.25) is 0 Å². The zero-order valence-electron chi connectivity index (χ0n) is 7.65. The lowest BCUT2D eigenvalue weighted by molar-refractivity contribution is -0.263. The fourth-order valence-corrected chi connectivity index (χ4v) is 1.54. The fourth-order valence-electron chi connectivity index (χ4n) is 1.54. The van der Waals surface area contributed by atoms with Gasteiger partial charge in [0.25, 0.3) is 0 Å². The van der Waals surface area contributed by atoms with E-state index in [0.717, 1.165) is 0 Å². The van der Waals surface area contributed by atoms with E-state index in [1.807, 2.05) is 0 Å². The Morgan fingerprint density at radius 2 is 2.08 bits per heavy atom. The molecule has 0 bridgehead atoms. The highest BCUT2D eigenvalue weighted by Crippen LogP contribution is 2.30. The van der Waals surface area contributed by atoms with Gasteiger partial charge in [-0.25, -0.2) is 0 Å². The maximum atomic E-state index is 9.65. The first-order valence-electron chi connectivity index (χ1n) is 4.06. The Hall–Kier alpha value is -0.160. The third-order valence-corrected chi connectivity index (χ3v) is 2.49. The molecule has 1 heterocycles. The summed E-state index contributed by atoms with van der Waals surface area (Å²) in [7, 11) is 1.52. The average Bonchev–Trinajstić information content (AvgIpc) is 2.00. The largest absolute Gasteiger partial charge is 0.387 e. The summed E-state index contributed by atoms with van der Waals surface area (Å²) in [4.78, 5) is 0. The Morgan fingerprint density at radius 3 is 2.58 bits per heavy atom. The molecule has 1 saturated heterocycles. The van der Waals surface area contributed by atoms with Gasteiger partial charge in [0, 0.05) is 13.5 Å². The molecule has 1 aliphatic heterocycles. The molecule has 72 valence electrons. The summed E-state index contributed by atoms with van der Waals surface area (Å²) in [6.45, 7) is 3.48. The molecule has 1 aliphatic rings. The molecular weight excluding hydrogens is 160 g/mol. The van der Waals surface area contributed by atoms with Crippen LogP contribution in [-0.2, 0) is 9.47 Å². The minimum atomic E-state index is -0.839. The van der Waals surface area contributed by atoms with E-state index in [0.29, 0.717) is 6.42 Å². The minimum Gasteiger partial charge on any atom is -0.387 e.